The van der Waals surface area contributed by atoms with E-state index in [2.05, 4.69) is 0 Å². The van der Waals surface area contributed by atoms with Gasteiger partial charge >= 0.3 is 6.09 Å². The number of hydrogen-bond acceptors (Lipinski definition) is 4. The van der Waals surface area contributed by atoms with Crippen LogP contribution in [-0.2, 0) is 27.3 Å². The third kappa shape index (κ3) is 6.75. The first-order valence-electron chi connectivity index (χ1n) is 8.91. The number of benzene rings is 2. The minimum Gasteiger partial charge on any atom is -0.445 e. The van der Waals surface area contributed by atoms with E-state index in [1.165, 1.54) is 4.90 Å². The summed E-state index contributed by atoms with van der Waals surface area (Å²) < 4.78 is 10.5. The molecule has 0 radical (unpaired) electrons. The molecule has 2 rings (SSSR count). The van der Waals surface area contributed by atoms with Crippen LogP contribution in [0.3, 0.4) is 0 Å². The van der Waals surface area contributed by atoms with Crippen molar-refractivity contribution in [1.82, 2.24) is 4.90 Å². The highest BCUT2D eigenvalue weighted by Crippen LogP contribution is 2.13. The summed E-state index contributed by atoms with van der Waals surface area (Å²) in [5, 5.41) is 0. The van der Waals surface area contributed by atoms with Crippen molar-refractivity contribution in [2.24, 2.45) is 5.73 Å². The Balaban J connectivity index is 2.11. The van der Waals surface area contributed by atoms with Crippen LogP contribution in [0.25, 0.3) is 0 Å². The average molecular weight is 370 g/mol. The molecule has 1 unspecified atom stereocenters. The van der Waals surface area contributed by atoms with E-state index in [4.69, 9.17) is 15.2 Å². The van der Waals surface area contributed by atoms with Crippen molar-refractivity contribution in [1.29, 1.82) is 0 Å². The highest BCUT2D eigenvalue weighted by atomic mass is 16.6. The van der Waals surface area contributed by atoms with E-state index < -0.39 is 18.0 Å². The quantitative estimate of drug-likeness (QED) is 0.652. The van der Waals surface area contributed by atoms with Gasteiger partial charge in [-0.1, -0.05) is 60.7 Å². The van der Waals surface area contributed by atoms with Crippen molar-refractivity contribution >= 4 is 12.0 Å². The monoisotopic (exact) mass is 370 g/mol. The minimum absolute atomic E-state index is 0.136. The van der Waals surface area contributed by atoms with Gasteiger partial charge in [0, 0.05) is 26.7 Å². The van der Waals surface area contributed by atoms with E-state index in [0.717, 1.165) is 11.1 Å². The number of carbonyl (C=O) groups is 2. The fourth-order valence-electron chi connectivity index (χ4n) is 2.76. The molecule has 0 saturated heterocycles. The topological polar surface area (TPSA) is 81.9 Å². The Hall–Kier alpha value is -2.86. The van der Waals surface area contributed by atoms with Gasteiger partial charge in [0.1, 0.15) is 12.6 Å². The number of ether oxygens (including phenoxy) is 2. The molecule has 0 aromatic heterocycles. The van der Waals surface area contributed by atoms with Crippen LogP contribution in [0.4, 0.5) is 4.79 Å². The average Bonchev–Trinajstić information content (AvgIpc) is 2.69. The van der Waals surface area contributed by atoms with E-state index in [1.54, 1.807) is 7.11 Å². The lowest BCUT2D eigenvalue weighted by molar-refractivity contribution is -0.122. The summed E-state index contributed by atoms with van der Waals surface area (Å²) in [4.78, 5) is 26.2. The third-order valence-electron chi connectivity index (χ3n) is 4.16. The minimum atomic E-state index is -0.785. The van der Waals surface area contributed by atoms with E-state index in [1.807, 2.05) is 60.7 Å². The summed E-state index contributed by atoms with van der Waals surface area (Å²) in [5.74, 6) is -0.562. The van der Waals surface area contributed by atoms with Crippen LogP contribution in [0, 0.1) is 0 Å². The maximum atomic E-state index is 12.7. The fraction of sp³-hybridized carbons (Fsp3) is 0.333. The zero-order valence-corrected chi connectivity index (χ0v) is 15.5. The number of nitrogens with two attached hydrogens (primary N) is 1. The summed E-state index contributed by atoms with van der Waals surface area (Å²) in [7, 11) is 1.59. The Morgan fingerprint density at radius 2 is 1.59 bits per heavy atom. The predicted octanol–water partition coefficient (Wildman–Crippen LogP) is 2.76. The Morgan fingerprint density at radius 1 is 1.00 bits per heavy atom. The molecule has 144 valence electrons. The molecule has 1 atom stereocenters. The Labute approximate surface area is 159 Å². The lowest BCUT2D eigenvalue weighted by atomic mass is 10.0. The maximum Gasteiger partial charge on any atom is 0.410 e. The number of hydrogen-bond donors (Lipinski definition) is 1. The Bertz CT molecular complexity index is 707. The van der Waals surface area contributed by atoms with Gasteiger partial charge in [-0.3, -0.25) is 9.69 Å². The third-order valence-corrected chi connectivity index (χ3v) is 4.16. The highest BCUT2D eigenvalue weighted by molar-refractivity contribution is 5.84. The van der Waals surface area contributed by atoms with Gasteiger partial charge in [0.25, 0.3) is 0 Å². The van der Waals surface area contributed by atoms with Gasteiger partial charge in [-0.05, 0) is 17.5 Å². The van der Waals surface area contributed by atoms with Gasteiger partial charge in [0.15, 0.2) is 0 Å². The second kappa shape index (κ2) is 11.0. The van der Waals surface area contributed by atoms with E-state index in [-0.39, 0.29) is 6.61 Å². The molecule has 0 spiro atoms. The standard InChI is InChI=1S/C21H26N2O4/c1-26-14-8-13-23(21(25)27-16-18-11-6-3-7-12-18)19(20(22)24)15-17-9-4-2-5-10-17/h2-7,9-12,19H,8,13-16H2,1H3,(H2,22,24). The molecule has 2 aromatic carbocycles. The molecule has 2 N–H and O–H groups in total. The van der Waals surface area contributed by atoms with Gasteiger partial charge in [-0.2, -0.15) is 0 Å². The number of methoxy groups -OCH3 is 1. The number of rotatable bonds is 10. The van der Waals surface area contributed by atoms with Gasteiger partial charge in [-0.15, -0.1) is 0 Å². The number of primary amides is 1. The maximum absolute atomic E-state index is 12.7. The molecule has 27 heavy (non-hydrogen) atoms. The zero-order valence-electron chi connectivity index (χ0n) is 15.5. The van der Waals surface area contributed by atoms with E-state index >= 15 is 0 Å². The molecule has 6 heteroatoms. The first-order valence-corrected chi connectivity index (χ1v) is 8.91. The van der Waals surface area contributed by atoms with Crippen LogP contribution < -0.4 is 5.73 Å². The molecule has 0 bridgehead atoms. The van der Waals surface area contributed by atoms with Gasteiger partial charge in [0.05, 0.1) is 0 Å². The molecular weight excluding hydrogens is 344 g/mol. The molecule has 0 aliphatic rings. The molecule has 0 saturated carbocycles. The largest absolute Gasteiger partial charge is 0.445 e. The zero-order chi connectivity index (χ0) is 19.5. The first kappa shape index (κ1) is 20.5. The second-order valence-electron chi connectivity index (χ2n) is 6.19. The number of carbonyl (C=O) groups excluding carboxylic acids is 2. The second-order valence-corrected chi connectivity index (χ2v) is 6.19. The summed E-state index contributed by atoms with van der Waals surface area (Å²) in [6, 6.07) is 18.1. The lowest BCUT2D eigenvalue weighted by Crippen LogP contribution is -2.50. The summed E-state index contributed by atoms with van der Waals surface area (Å²) in [6.45, 7) is 0.929. The van der Waals surface area contributed by atoms with Crippen LogP contribution in [0.2, 0.25) is 0 Å². The van der Waals surface area contributed by atoms with Crippen molar-refractivity contribution in [2.45, 2.75) is 25.5 Å². The van der Waals surface area contributed by atoms with Crippen molar-refractivity contribution in [3.05, 3.63) is 71.8 Å². The van der Waals surface area contributed by atoms with Crippen LogP contribution in [0.1, 0.15) is 17.5 Å². The Kier molecular flexibility index (Phi) is 8.32. The Morgan fingerprint density at radius 3 is 2.15 bits per heavy atom. The van der Waals surface area contributed by atoms with Gasteiger partial charge < -0.3 is 15.2 Å². The molecule has 2 aromatic rings. The number of amides is 2. The summed E-state index contributed by atoms with van der Waals surface area (Å²) >= 11 is 0. The van der Waals surface area contributed by atoms with Crippen LogP contribution in [0.5, 0.6) is 0 Å². The van der Waals surface area contributed by atoms with Crippen LogP contribution in [-0.4, -0.2) is 43.2 Å². The SMILES string of the molecule is COCCCN(C(=O)OCc1ccccc1)C(Cc1ccccc1)C(N)=O. The molecule has 0 fully saturated rings. The van der Waals surface area contributed by atoms with E-state index in [0.29, 0.717) is 26.0 Å². The number of nitrogens with zero attached hydrogens (tertiary/aromatic N) is 1. The lowest BCUT2D eigenvalue weighted by Gasteiger charge is -2.29. The van der Waals surface area contributed by atoms with Crippen molar-refractivity contribution in [3.8, 4) is 0 Å². The van der Waals surface area contributed by atoms with Gasteiger partial charge in [0.2, 0.25) is 5.91 Å². The highest BCUT2D eigenvalue weighted by Gasteiger charge is 2.29. The van der Waals surface area contributed by atoms with E-state index in [9.17, 15) is 9.59 Å². The molecule has 0 aliphatic heterocycles. The summed E-state index contributed by atoms with van der Waals surface area (Å²) in [6.07, 6.45) is 0.355. The van der Waals surface area contributed by atoms with Crippen LogP contribution >= 0.6 is 0 Å². The van der Waals surface area contributed by atoms with Crippen molar-refractivity contribution in [3.63, 3.8) is 0 Å². The predicted molar refractivity (Wildman–Crippen MR) is 103 cm³/mol. The molecular formula is C21H26N2O4. The molecule has 2 amide bonds. The van der Waals surface area contributed by atoms with Gasteiger partial charge in [-0.25, -0.2) is 4.79 Å². The molecule has 6 nitrogen and oxygen atoms in total. The normalized spacial score (nSPS) is 11.6. The van der Waals surface area contributed by atoms with Crippen LogP contribution in [0.15, 0.2) is 60.7 Å². The molecule has 0 heterocycles. The summed E-state index contributed by atoms with van der Waals surface area (Å²) in [5.41, 5.74) is 7.42. The van der Waals surface area contributed by atoms with Crippen molar-refractivity contribution < 1.29 is 19.1 Å². The smallest absolute Gasteiger partial charge is 0.410 e. The first-order chi connectivity index (χ1) is 13.1. The fourth-order valence-corrected chi connectivity index (χ4v) is 2.76. The van der Waals surface area contributed by atoms with Crippen molar-refractivity contribution in [2.75, 3.05) is 20.3 Å². The molecule has 0 aliphatic carbocycles.